The quantitative estimate of drug-likeness (QED) is 0.379. The fraction of sp³-hybridized carbons (Fsp3) is 0.240. The maximum Gasteiger partial charge on any atom is 0.233 e. The van der Waals surface area contributed by atoms with Crippen LogP contribution in [0, 0.1) is 11.8 Å². The van der Waals surface area contributed by atoms with Crippen LogP contribution in [0.5, 0.6) is 0 Å². The van der Waals surface area contributed by atoms with E-state index < -0.39 is 0 Å². The van der Waals surface area contributed by atoms with E-state index in [0.29, 0.717) is 18.4 Å². The summed E-state index contributed by atoms with van der Waals surface area (Å²) < 4.78 is 2.01. The third kappa shape index (κ3) is 2.73. The summed E-state index contributed by atoms with van der Waals surface area (Å²) in [5.74, 6) is -1.29. The first kappa shape index (κ1) is 18.6. The molecule has 2 aliphatic rings. The number of imide groups is 1. The van der Waals surface area contributed by atoms with E-state index in [1.165, 1.54) is 4.90 Å². The van der Waals surface area contributed by atoms with Crippen molar-refractivity contribution in [2.45, 2.75) is 12.8 Å². The number of hydrogen-bond acceptors (Lipinski definition) is 3. The first-order valence-corrected chi connectivity index (χ1v) is 10.2. The van der Waals surface area contributed by atoms with E-state index in [9.17, 15) is 14.4 Å². The maximum absolute atomic E-state index is 13.5. The second-order valence-corrected chi connectivity index (χ2v) is 8.01. The average molecular weight is 398 g/mol. The first-order chi connectivity index (χ1) is 14.6. The van der Waals surface area contributed by atoms with Crippen molar-refractivity contribution in [3.05, 3.63) is 72.3 Å². The fourth-order valence-electron chi connectivity index (χ4n) is 4.86. The zero-order valence-electron chi connectivity index (χ0n) is 16.7. The second kappa shape index (κ2) is 7.10. The van der Waals surface area contributed by atoms with Crippen molar-refractivity contribution in [2.75, 3.05) is 6.54 Å². The number of ketones is 1. The summed E-state index contributed by atoms with van der Waals surface area (Å²) in [5.41, 5.74) is 3.24. The number of aromatic nitrogens is 1. The van der Waals surface area contributed by atoms with Crippen LogP contribution in [-0.4, -0.2) is 33.6 Å². The van der Waals surface area contributed by atoms with Crippen LogP contribution in [0.3, 0.4) is 0 Å². The Morgan fingerprint density at radius 1 is 0.900 bits per heavy atom. The van der Waals surface area contributed by atoms with Crippen LogP contribution in [-0.2, 0) is 16.6 Å². The van der Waals surface area contributed by atoms with Crippen LogP contribution in [0.1, 0.15) is 23.2 Å². The van der Waals surface area contributed by atoms with Crippen molar-refractivity contribution >= 4 is 28.5 Å². The van der Waals surface area contributed by atoms with E-state index in [4.69, 9.17) is 0 Å². The Hall–Kier alpha value is -3.47. The predicted molar refractivity (Wildman–Crippen MR) is 115 cm³/mol. The molecule has 1 saturated heterocycles. The van der Waals surface area contributed by atoms with Crippen molar-refractivity contribution in [3.63, 3.8) is 0 Å². The number of rotatable bonds is 4. The van der Waals surface area contributed by atoms with Gasteiger partial charge >= 0.3 is 0 Å². The Kier molecular flexibility index (Phi) is 4.39. The number of nitrogens with zero attached hydrogens (tertiary/aromatic N) is 2. The number of para-hydroxylation sites is 1. The lowest BCUT2D eigenvalue weighted by molar-refractivity contribution is -0.139. The molecule has 5 heteroatoms. The molecule has 0 radical (unpaired) electrons. The summed E-state index contributed by atoms with van der Waals surface area (Å²) in [6.45, 7) is -0.210. The van der Waals surface area contributed by atoms with Crippen molar-refractivity contribution in [3.8, 4) is 11.3 Å². The molecule has 1 aromatic heterocycles. The van der Waals surface area contributed by atoms with E-state index in [0.717, 1.165) is 22.2 Å². The molecule has 0 saturated carbocycles. The average Bonchev–Trinajstić information content (AvgIpc) is 3.21. The molecular weight excluding hydrogens is 376 g/mol. The molecule has 150 valence electrons. The first-order valence-electron chi connectivity index (χ1n) is 10.2. The van der Waals surface area contributed by atoms with E-state index in [1.54, 1.807) is 0 Å². The molecule has 2 aromatic carbocycles. The molecule has 5 nitrogen and oxygen atoms in total. The summed E-state index contributed by atoms with van der Waals surface area (Å²) in [7, 11) is 1.94. The van der Waals surface area contributed by atoms with Crippen molar-refractivity contribution < 1.29 is 14.4 Å². The molecule has 5 rings (SSSR count). The second-order valence-electron chi connectivity index (χ2n) is 8.01. The lowest BCUT2D eigenvalue weighted by atomic mass is 9.85. The van der Waals surface area contributed by atoms with Gasteiger partial charge in [0.25, 0.3) is 0 Å². The van der Waals surface area contributed by atoms with Gasteiger partial charge < -0.3 is 4.57 Å². The maximum atomic E-state index is 13.5. The smallest absolute Gasteiger partial charge is 0.233 e. The van der Waals surface area contributed by atoms with Gasteiger partial charge in [-0.1, -0.05) is 60.7 Å². The number of carbonyl (C=O) groups is 3. The number of Topliss-reactive ketones (excluding diaryl/α,β-unsaturated/α-hetero) is 1. The fourth-order valence-corrected chi connectivity index (χ4v) is 4.86. The number of fused-ring (bicyclic) bond motifs is 2. The molecule has 1 aliphatic carbocycles. The molecule has 30 heavy (non-hydrogen) atoms. The number of carbonyl (C=O) groups excluding carboxylic acids is 3. The molecule has 2 unspecified atom stereocenters. The van der Waals surface area contributed by atoms with Gasteiger partial charge in [0.1, 0.15) is 0 Å². The van der Waals surface area contributed by atoms with Gasteiger partial charge in [0.05, 0.1) is 29.6 Å². The molecule has 2 atom stereocenters. The lowest BCUT2D eigenvalue weighted by Crippen LogP contribution is -2.36. The third-order valence-corrected chi connectivity index (χ3v) is 6.33. The number of allylic oxidation sites excluding steroid dienone is 2. The molecule has 0 N–H and O–H groups in total. The van der Waals surface area contributed by atoms with Crippen molar-refractivity contribution in [1.29, 1.82) is 0 Å². The minimum atomic E-state index is -0.323. The molecule has 1 aliphatic heterocycles. The Bertz CT molecular complexity index is 1180. The highest BCUT2D eigenvalue weighted by Gasteiger charge is 2.47. The topological polar surface area (TPSA) is 59.4 Å². The van der Waals surface area contributed by atoms with E-state index in [1.807, 2.05) is 78.4 Å². The van der Waals surface area contributed by atoms with Crippen LogP contribution in [0.2, 0.25) is 0 Å². The van der Waals surface area contributed by atoms with Gasteiger partial charge in [-0.15, -0.1) is 0 Å². The van der Waals surface area contributed by atoms with Gasteiger partial charge in [-0.05, 0) is 24.5 Å². The van der Waals surface area contributed by atoms with Crippen LogP contribution in [0.15, 0.2) is 66.7 Å². The molecule has 2 heterocycles. The van der Waals surface area contributed by atoms with Gasteiger partial charge in [-0.3, -0.25) is 19.3 Å². The van der Waals surface area contributed by atoms with Gasteiger partial charge in [0.2, 0.25) is 11.8 Å². The minimum Gasteiger partial charge on any atom is -0.343 e. The third-order valence-electron chi connectivity index (χ3n) is 6.33. The zero-order chi connectivity index (χ0) is 20.8. The summed E-state index contributed by atoms with van der Waals surface area (Å²) in [6, 6.07) is 17.5. The Morgan fingerprint density at radius 3 is 2.17 bits per heavy atom. The lowest BCUT2D eigenvalue weighted by Gasteiger charge is -2.15. The normalized spacial score (nSPS) is 20.8. The summed E-state index contributed by atoms with van der Waals surface area (Å²) in [5, 5.41) is 0.835. The van der Waals surface area contributed by atoms with Gasteiger partial charge in [0, 0.05) is 18.0 Å². The highest BCUT2D eigenvalue weighted by Crippen LogP contribution is 2.37. The zero-order valence-corrected chi connectivity index (χ0v) is 16.7. The molecule has 0 bridgehead atoms. The number of likely N-dealkylation sites (tertiary alicyclic amines) is 1. The SMILES string of the molecule is Cn1c(-c2ccccc2)c(C(=O)CN2C(=O)C3CC=CCC3C2=O)c2ccccc21. The van der Waals surface area contributed by atoms with Gasteiger partial charge in [-0.2, -0.15) is 0 Å². The minimum absolute atomic E-state index is 0.209. The number of aryl methyl sites for hydroxylation is 1. The molecular formula is C25H22N2O3. The van der Waals surface area contributed by atoms with Crippen molar-refractivity contribution in [2.24, 2.45) is 18.9 Å². The van der Waals surface area contributed by atoms with Crippen LogP contribution >= 0.6 is 0 Å². The Morgan fingerprint density at radius 2 is 1.50 bits per heavy atom. The molecule has 2 amide bonds. The van der Waals surface area contributed by atoms with E-state index in [2.05, 4.69) is 0 Å². The number of benzene rings is 2. The summed E-state index contributed by atoms with van der Waals surface area (Å²) in [6.07, 6.45) is 5.05. The molecule has 3 aromatic rings. The van der Waals surface area contributed by atoms with Crippen LogP contribution in [0.4, 0.5) is 0 Å². The van der Waals surface area contributed by atoms with Gasteiger partial charge in [-0.25, -0.2) is 0 Å². The Labute approximate surface area is 174 Å². The van der Waals surface area contributed by atoms with E-state index >= 15 is 0 Å². The highest BCUT2D eigenvalue weighted by molar-refractivity contribution is 6.17. The molecule has 0 spiro atoms. The predicted octanol–water partition coefficient (Wildman–Crippen LogP) is 3.98. The highest BCUT2D eigenvalue weighted by atomic mass is 16.2. The van der Waals surface area contributed by atoms with Crippen LogP contribution in [0.25, 0.3) is 22.2 Å². The van der Waals surface area contributed by atoms with E-state index in [-0.39, 0.29) is 36.0 Å². The summed E-state index contributed by atoms with van der Waals surface area (Å²) >= 11 is 0. The number of amides is 2. The summed E-state index contributed by atoms with van der Waals surface area (Å²) in [4.78, 5) is 40.4. The van der Waals surface area contributed by atoms with Crippen LogP contribution < -0.4 is 0 Å². The monoisotopic (exact) mass is 398 g/mol. The van der Waals surface area contributed by atoms with Crippen molar-refractivity contribution in [1.82, 2.24) is 9.47 Å². The molecule has 1 fully saturated rings. The Balaban J connectivity index is 1.57. The largest absolute Gasteiger partial charge is 0.343 e. The number of hydrogen-bond donors (Lipinski definition) is 0. The van der Waals surface area contributed by atoms with Gasteiger partial charge in [0.15, 0.2) is 5.78 Å². The standard InChI is InChI=1S/C25H22N2O3/c1-26-20-14-8-7-13-19(20)22(23(26)16-9-3-2-4-10-16)21(28)15-27-24(29)17-11-5-6-12-18(17)25(27)30/h2-10,13-14,17-18H,11-12,15H2,1H3.